The van der Waals surface area contributed by atoms with Gasteiger partial charge in [-0.2, -0.15) is 0 Å². The Morgan fingerprint density at radius 1 is 1.44 bits per heavy atom. The maximum atomic E-state index is 11.6. The fourth-order valence-corrected chi connectivity index (χ4v) is 2.36. The number of piperidine rings is 1. The lowest BCUT2D eigenvalue weighted by molar-refractivity contribution is -0.125. The van der Waals surface area contributed by atoms with Gasteiger partial charge in [0.05, 0.1) is 19.8 Å². The molecular weight excluding hydrogens is 234 g/mol. The third-order valence-corrected chi connectivity index (χ3v) is 3.44. The van der Waals surface area contributed by atoms with Gasteiger partial charge in [0.25, 0.3) is 0 Å². The van der Waals surface area contributed by atoms with Crippen molar-refractivity contribution in [2.75, 3.05) is 46.4 Å². The van der Waals surface area contributed by atoms with Gasteiger partial charge >= 0.3 is 6.03 Å². The molecule has 0 spiro atoms. The molecule has 102 valence electrons. The van der Waals surface area contributed by atoms with E-state index in [-0.39, 0.29) is 18.5 Å². The van der Waals surface area contributed by atoms with Crippen molar-refractivity contribution in [1.29, 1.82) is 0 Å². The van der Waals surface area contributed by atoms with Crippen LogP contribution in [0.2, 0.25) is 0 Å². The molecule has 2 aliphatic heterocycles. The molecule has 1 unspecified atom stereocenters. The number of hydrogen-bond donors (Lipinski definition) is 1. The lowest BCUT2D eigenvalue weighted by Gasteiger charge is -2.23. The molecule has 6 heteroatoms. The highest BCUT2D eigenvalue weighted by molar-refractivity contribution is 6.01. The van der Waals surface area contributed by atoms with E-state index in [2.05, 4.69) is 5.32 Å². The maximum absolute atomic E-state index is 11.6. The number of imide groups is 1. The van der Waals surface area contributed by atoms with Crippen LogP contribution in [-0.2, 0) is 9.53 Å². The van der Waals surface area contributed by atoms with Crippen LogP contribution in [0, 0.1) is 5.92 Å². The molecule has 0 saturated carbocycles. The zero-order chi connectivity index (χ0) is 13.0. The van der Waals surface area contributed by atoms with Crippen LogP contribution in [0.1, 0.15) is 12.8 Å². The van der Waals surface area contributed by atoms with E-state index in [4.69, 9.17) is 4.74 Å². The van der Waals surface area contributed by atoms with Gasteiger partial charge in [-0.3, -0.25) is 9.69 Å². The number of nitrogens with zero attached hydrogens (tertiary/aromatic N) is 2. The molecule has 0 aromatic carbocycles. The number of rotatable bonds is 5. The lowest BCUT2D eigenvalue weighted by atomic mass is 10.0. The second-order valence-corrected chi connectivity index (χ2v) is 4.97. The predicted molar refractivity (Wildman–Crippen MR) is 66.2 cm³/mol. The normalized spacial score (nSPS) is 25.1. The van der Waals surface area contributed by atoms with Crippen molar-refractivity contribution in [2.45, 2.75) is 12.8 Å². The number of carbonyl (C=O) groups excluding carboxylic acids is 2. The predicted octanol–water partition coefficient (Wildman–Crippen LogP) is -0.103. The highest BCUT2D eigenvalue weighted by Crippen LogP contribution is 2.11. The van der Waals surface area contributed by atoms with Gasteiger partial charge in [0.2, 0.25) is 5.91 Å². The number of ether oxygens (including phenoxy) is 1. The molecule has 3 amide bonds. The van der Waals surface area contributed by atoms with E-state index < -0.39 is 0 Å². The minimum Gasteiger partial charge on any atom is -0.379 e. The van der Waals surface area contributed by atoms with Crippen molar-refractivity contribution in [3.8, 4) is 0 Å². The largest absolute Gasteiger partial charge is 0.379 e. The molecule has 0 bridgehead atoms. The summed E-state index contributed by atoms with van der Waals surface area (Å²) in [6.07, 6.45) is 2.39. The number of nitrogens with one attached hydrogen (secondary N) is 1. The summed E-state index contributed by atoms with van der Waals surface area (Å²) < 4.78 is 5.56. The molecule has 0 aromatic rings. The third kappa shape index (κ3) is 3.20. The Bertz CT molecular complexity index is 316. The van der Waals surface area contributed by atoms with E-state index in [1.165, 1.54) is 22.6 Å². The lowest BCUT2D eigenvalue weighted by Crippen LogP contribution is -2.36. The number of urea groups is 1. The third-order valence-electron chi connectivity index (χ3n) is 3.44. The molecule has 0 aliphatic carbocycles. The highest BCUT2D eigenvalue weighted by Gasteiger charge is 2.32. The first kappa shape index (κ1) is 13.3. The summed E-state index contributed by atoms with van der Waals surface area (Å²) in [5.41, 5.74) is 0. The molecule has 2 fully saturated rings. The second-order valence-electron chi connectivity index (χ2n) is 4.97. The zero-order valence-electron chi connectivity index (χ0n) is 10.9. The van der Waals surface area contributed by atoms with E-state index in [9.17, 15) is 9.59 Å². The van der Waals surface area contributed by atoms with Crippen LogP contribution in [0.3, 0.4) is 0 Å². The Kier molecular flexibility index (Phi) is 4.54. The second kappa shape index (κ2) is 6.15. The molecule has 0 radical (unpaired) electrons. The van der Waals surface area contributed by atoms with Crippen LogP contribution >= 0.6 is 0 Å². The van der Waals surface area contributed by atoms with Crippen molar-refractivity contribution in [2.24, 2.45) is 5.92 Å². The summed E-state index contributed by atoms with van der Waals surface area (Å²) in [7, 11) is 1.63. The van der Waals surface area contributed by atoms with Gasteiger partial charge in [-0.05, 0) is 25.3 Å². The molecular formula is C12H21N3O3. The summed E-state index contributed by atoms with van der Waals surface area (Å²) in [5.74, 6) is 0.428. The van der Waals surface area contributed by atoms with Crippen LogP contribution in [0.4, 0.5) is 4.79 Å². The highest BCUT2D eigenvalue weighted by atomic mass is 16.5. The Hall–Kier alpha value is -1.14. The van der Waals surface area contributed by atoms with Crippen molar-refractivity contribution in [3.05, 3.63) is 0 Å². The first-order chi connectivity index (χ1) is 8.68. The summed E-state index contributed by atoms with van der Waals surface area (Å²) >= 11 is 0. The average Bonchev–Trinajstić information content (AvgIpc) is 2.61. The minimum atomic E-state index is -0.220. The Morgan fingerprint density at radius 2 is 2.28 bits per heavy atom. The summed E-state index contributed by atoms with van der Waals surface area (Å²) in [6, 6.07) is -0.220. The number of amides is 3. The van der Waals surface area contributed by atoms with E-state index in [1.54, 1.807) is 7.05 Å². The van der Waals surface area contributed by atoms with E-state index in [0.29, 0.717) is 25.7 Å². The van der Waals surface area contributed by atoms with Crippen molar-refractivity contribution < 1.29 is 14.3 Å². The number of hydrogen-bond acceptors (Lipinski definition) is 4. The molecule has 6 nitrogen and oxygen atoms in total. The molecule has 2 aliphatic rings. The molecule has 2 heterocycles. The first-order valence-electron chi connectivity index (χ1n) is 6.52. The average molecular weight is 255 g/mol. The molecule has 0 aromatic heterocycles. The zero-order valence-corrected chi connectivity index (χ0v) is 10.9. The smallest absolute Gasteiger partial charge is 0.327 e. The summed E-state index contributed by atoms with van der Waals surface area (Å²) in [4.78, 5) is 25.8. The Labute approximate surface area is 107 Å². The monoisotopic (exact) mass is 255 g/mol. The number of carbonyl (C=O) groups is 2. The van der Waals surface area contributed by atoms with Gasteiger partial charge < -0.3 is 15.0 Å². The molecule has 2 saturated heterocycles. The fraction of sp³-hybridized carbons (Fsp3) is 0.833. The Balaban J connectivity index is 1.63. The van der Waals surface area contributed by atoms with Gasteiger partial charge in [-0.1, -0.05) is 0 Å². The van der Waals surface area contributed by atoms with E-state index in [1.807, 2.05) is 0 Å². The molecule has 2 rings (SSSR count). The van der Waals surface area contributed by atoms with E-state index in [0.717, 1.165) is 13.1 Å². The molecule has 1 atom stereocenters. The summed E-state index contributed by atoms with van der Waals surface area (Å²) in [5, 5.41) is 3.33. The molecule has 1 N–H and O–H groups in total. The van der Waals surface area contributed by atoms with Gasteiger partial charge in [-0.15, -0.1) is 0 Å². The standard InChI is InChI=1S/C12H21N3O3/c1-14-8-11(16)15(12(14)17)5-6-18-9-10-3-2-4-13-7-10/h10,13H,2-9H2,1H3. The molecule has 18 heavy (non-hydrogen) atoms. The van der Waals surface area contributed by atoms with Gasteiger partial charge in [0, 0.05) is 13.6 Å². The van der Waals surface area contributed by atoms with Gasteiger partial charge in [0.15, 0.2) is 0 Å². The fourth-order valence-electron chi connectivity index (χ4n) is 2.36. The van der Waals surface area contributed by atoms with Gasteiger partial charge in [-0.25, -0.2) is 4.79 Å². The van der Waals surface area contributed by atoms with Gasteiger partial charge in [0.1, 0.15) is 6.54 Å². The Morgan fingerprint density at radius 3 is 2.89 bits per heavy atom. The van der Waals surface area contributed by atoms with Crippen molar-refractivity contribution in [3.63, 3.8) is 0 Å². The first-order valence-corrected chi connectivity index (χ1v) is 6.52. The topological polar surface area (TPSA) is 61.9 Å². The van der Waals surface area contributed by atoms with Crippen molar-refractivity contribution in [1.82, 2.24) is 15.1 Å². The maximum Gasteiger partial charge on any atom is 0.327 e. The SMILES string of the molecule is CN1CC(=O)N(CCOCC2CCCNC2)C1=O. The quantitative estimate of drug-likeness (QED) is 0.550. The van der Waals surface area contributed by atoms with Crippen molar-refractivity contribution >= 4 is 11.9 Å². The van der Waals surface area contributed by atoms with E-state index >= 15 is 0 Å². The van der Waals surface area contributed by atoms with Crippen LogP contribution in [-0.4, -0.2) is 68.2 Å². The minimum absolute atomic E-state index is 0.134. The van der Waals surface area contributed by atoms with Crippen LogP contribution in [0.25, 0.3) is 0 Å². The number of likely N-dealkylation sites (N-methyl/N-ethyl adjacent to an activating group) is 1. The van der Waals surface area contributed by atoms with Crippen LogP contribution in [0.15, 0.2) is 0 Å². The van der Waals surface area contributed by atoms with Crippen LogP contribution < -0.4 is 5.32 Å². The van der Waals surface area contributed by atoms with Crippen LogP contribution in [0.5, 0.6) is 0 Å². The summed E-state index contributed by atoms with van der Waals surface area (Å²) in [6.45, 7) is 3.79.